The number of nitro benzene ring substituents is 1. The molecule has 5 heteroatoms. The van der Waals surface area contributed by atoms with Gasteiger partial charge in [0.05, 0.1) is 4.92 Å². The van der Waals surface area contributed by atoms with Crippen LogP contribution in [-0.4, -0.2) is 17.0 Å². The summed E-state index contributed by atoms with van der Waals surface area (Å²) >= 11 is 0. The van der Waals surface area contributed by atoms with Gasteiger partial charge in [-0.25, -0.2) is 4.79 Å². The molecule has 0 amide bonds. The van der Waals surface area contributed by atoms with E-state index in [1.165, 1.54) is 62.7 Å². The van der Waals surface area contributed by atoms with E-state index in [1.807, 2.05) is 0 Å². The van der Waals surface area contributed by atoms with Crippen LogP contribution in [0.15, 0.2) is 35.9 Å². The first-order valence-electron chi connectivity index (χ1n) is 15.7. The fourth-order valence-corrected chi connectivity index (χ4v) is 9.77. The zero-order valence-corrected chi connectivity index (χ0v) is 24.8. The third-order valence-electron chi connectivity index (χ3n) is 11.9. The number of benzene rings is 1. The number of carbonyl (C=O) groups is 1. The minimum atomic E-state index is -0.571. The fraction of sp³-hybridized carbons (Fsp3) is 0.735. The van der Waals surface area contributed by atoms with Gasteiger partial charge in [-0.15, -0.1) is 0 Å². The summed E-state index contributed by atoms with van der Waals surface area (Å²) in [5.41, 5.74) is 2.01. The quantitative estimate of drug-likeness (QED) is 0.144. The summed E-state index contributed by atoms with van der Waals surface area (Å²) in [4.78, 5) is 23.8. The number of fused-ring (bicyclic) bond motifs is 5. The zero-order chi connectivity index (χ0) is 27.9. The van der Waals surface area contributed by atoms with Gasteiger partial charge < -0.3 is 4.74 Å². The number of esters is 1. The van der Waals surface area contributed by atoms with E-state index in [2.05, 4.69) is 40.7 Å². The minimum absolute atomic E-state index is 0.0503. The lowest BCUT2D eigenvalue weighted by Crippen LogP contribution is -2.51. The highest BCUT2D eigenvalue weighted by Crippen LogP contribution is 2.67. The highest BCUT2D eigenvalue weighted by atomic mass is 16.6. The molecule has 0 aromatic heterocycles. The summed E-state index contributed by atoms with van der Waals surface area (Å²) < 4.78 is 5.89. The number of rotatable bonds is 8. The summed E-state index contributed by atoms with van der Waals surface area (Å²) in [5.74, 6) is 4.25. The predicted molar refractivity (Wildman–Crippen MR) is 155 cm³/mol. The van der Waals surface area contributed by atoms with Gasteiger partial charge >= 0.3 is 5.97 Å². The van der Waals surface area contributed by atoms with Gasteiger partial charge in [0.15, 0.2) is 0 Å². The Bertz CT molecular complexity index is 1110. The number of para-hydroxylation sites is 1. The molecule has 0 saturated heterocycles. The Hall–Kier alpha value is -2.17. The molecule has 0 radical (unpaired) electrons. The Morgan fingerprint density at radius 3 is 2.56 bits per heavy atom. The van der Waals surface area contributed by atoms with Crippen LogP contribution in [0.4, 0.5) is 5.69 Å². The lowest BCUT2D eigenvalue weighted by atomic mass is 9.47. The number of carbonyl (C=O) groups excluding carboxylic acids is 1. The summed E-state index contributed by atoms with van der Waals surface area (Å²) in [7, 11) is 0. The molecule has 5 nitrogen and oxygen atoms in total. The van der Waals surface area contributed by atoms with Crippen LogP contribution in [0.1, 0.15) is 116 Å². The van der Waals surface area contributed by atoms with Crippen LogP contribution < -0.4 is 0 Å². The molecule has 4 aliphatic rings. The number of allylic oxidation sites excluding steroid dienone is 1. The van der Waals surface area contributed by atoms with Crippen LogP contribution in [0.25, 0.3) is 0 Å². The molecular weight excluding hydrogens is 486 g/mol. The first-order chi connectivity index (χ1) is 18.5. The molecule has 214 valence electrons. The van der Waals surface area contributed by atoms with E-state index in [0.717, 1.165) is 61.2 Å². The van der Waals surface area contributed by atoms with Crippen molar-refractivity contribution < 1.29 is 14.5 Å². The lowest BCUT2D eigenvalue weighted by molar-refractivity contribution is -0.385. The third-order valence-corrected chi connectivity index (χ3v) is 11.9. The van der Waals surface area contributed by atoms with Crippen molar-refractivity contribution in [2.24, 2.45) is 46.3 Å². The SMILES string of the molecule is CC(C)CCC[C@@H](C)[C@@H]1CC[C@@H]2[C@H]3CC=C4C[C@@H](OC(=O)c5ccccc5[N+](=O)[O-])CC[C@]4(C)[C@@H]3CC[C@@]21C. The van der Waals surface area contributed by atoms with E-state index in [9.17, 15) is 14.9 Å². The normalized spacial score (nSPS) is 36.4. The first kappa shape index (κ1) is 28.4. The molecule has 39 heavy (non-hydrogen) atoms. The van der Waals surface area contributed by atoms with E-state index < -0.39 is 10.9 Å². The molecule has 4 aliphatic carbocycles. The molecule has 3 fully saturated rings. The van der Waals surface area contributed by atoms with Crippen LogP contribution in [0, 0.1) is 56.5 Å². The van der Waals surface area contributed by atoms with E-state index in [-0.39, 0.29) is 22.8 Å². The Morgan fingerprint density at radius 2 is 1.82 bits per heavy atom. The van der Waals surface area contributed by atoms with Crippen molar-refractivity contribution in [2.75, 3.05) is 0 Å². The van der Waals surface area contributed by atoms with Crippen LogP contribution in [0.3, 0.4) is 0 Å². The van der Waals surface area contributed by atoms with Crippen molar-refractivity contribution in [3.8, 4) is 0 Å². The van der Waals surface area contributed by atoms with Gasteiger partial charge in [0.25, 0.3) is 5.69 Å². The number of hydrogen-bond acceptors (Lipinski definition) is 4. The Balaban J connectivity index is 1.26. The molecule has 0 bridgehead atoms. The maximum Gasteiger partial charge on any atom is 0.345 e. The topological polar surface area (TPSA) is 69.4 Å². The lowest BCUT2D eigenvalue weighted by Gasteiger charge is -2.58. The van der Waals surface area contributed by atoms with Crippen molar-refractivity contribution >= 4 is 11.7 Å². The van der Waals surface area contributed by atoms with Crippen LogP contribution in [0.2, 0.25) is 0 Å². The monoisotopic (exact) mass is 535 g/mol. The van der Waals surface area contributed by atoms with Crippen LogP contribution >= 0.6 is 0 Å². The maximum atomic E-state index is 12.9. The van der Waals surface area contributed by atoms with Crippen molar-refractivity contribution in [3.05, 3.63) is 51.6 Å². The maximum absolute atomic E-state index is 12.9. The van der Waals surface area contributed by atoms with E-state index in [1.54, 1.807) is 12.1 Å². The molecular formula is C34H49NO4. The van der Waals surface area contributed by atoms with Crippen molar-refractivity contribution in [2.45, 2.75) is 111 Å². The average Bonchev–Trinajstić information content (AvgIpc) is 3.26. The van der Waals surface area contributed by atoms with Gasteiger partial charge in [-0.05, 0) is 97.3 Å². The molecule has 5 rings (SSSR count). The second-order valence-corrected chi connectivity index (χ2v) is 14.3. The van der Waals surface area contributed by atoms with Gasteiger partial charge in [0.2, 0.25) is 0 Å². The summed E-state index contributed by atoms with van der Waals surface area (Å²) in [6, 6.07) is 6.10. The van der Waals surface area contributed by atoms with Gasteiger partial charge in [-0.2, -0.15) is 0 Å². The third kappa shape index (κ3) is 5.20. The highest BCUT2D eigenvalue weighted by molar-refractivity contribution is 5.94. The van der Waals surface area contributed by atoms with Crippen LogP contribution in [0.5, 0.6) is 0 Å². The molecule has 1 aromatic rings. The average molecular weight is 536 g/mol. The Morgan fingerprint density at radius 1 is 1.05 bits per heavy atom. The molecule has 0 unspecified atom stereocenters. The molecule has 0 aliphatic heterocycles. The Labute approximate surface area is 235 Å². The first-order valence-corrected chi connectivity index (χ1v) is 15.7. The number of hydrogen-bond donors (Lipinski definition) is 0. The van der Waals surface area contributed by atoms with Crippen molar-refractivity contribution in [1.29, 1.82) is 0 Å². The van der Waals surface area contributed by atoms with Gasteiger partial charge in [-0.1, -0.05) is 77.7 Å². The molecule has 0 spiro atoms. The summed E-state index contributed by atoms with van der Waals surface area (Å²) in [5, 5.41) is 11.4. The fourth-order valence-electron chi connectivity index (χ4n) is 9.77. The number of nitrogens with zero attached hydrogens (tertiary/aromatic N) is 1. The second-order valence-electron chi connectivity index (χ2n) is 14.3. The highest BCUT2D eigenvalue weighted by Gasteiger charge is 2.59. The zero-order valence-electron chi connectivity index (χ0n) is 24.8. The minimum Gasteiger partial charge on any atom is -0.458 e. The number of ether oxygens (including phenoxy) is 1. The standard InChI is InChI=1S/C34H49NO4/c1-22(2)9-8-10-23(3)28-15-16-29-26-14-13-24-21-25(17-19-33(24,4)30(26)18-20-34(28,29)5)39-32(36)27-11-6-7-12-31(27)35(37)38/h6-7,11-13,22-23,25-26,28-30H,8-10,14-21H2,1-5H3/t23-,25+,26-,28+,29-,30-,33+,34-/m1/s1. The van der Waals surface area contributed by atoms with E-state index in [4.69, 9.17) is 4.74 Å². The molecule has 0 heterocycles. The second kappa shape index (κ2) is 11.0. The van der Waals surface area contributed by atoms with Gasteiger partial charge in [-0.3, -0.25) is 10.1 Å². The van der Waals surface area contributed by atoms with Gasteiger partial charge in [0.1, 0.15) is 11.7 Å². The number of nitro groups is 1. The van der Waals surface area contributed by atoms with Gasteiger partial charge in [0, 0.05) is 12.5 Å². The van der Waals surface area contributed by atoms with Crippen molar-refractivity contribution in [1.82, 2.24) is 0 Å². The molecule has 1 aromatic carbocycles. The predicted octanol–water partition coefficient (Wildman–Crippen LogP) is 9.16. The summed E-state index contributed by atoms with van der Waals surface area (Å²) in [6.45, 7) is 12.4. The largest absolute Gasteiger partial charge is 0.458 e. The molecule has 8 atom stereocenters. The van der Waals surface area contributed by atoms with Crippen LogP contribution in [-0.2, 0) is 4.74 Å². The smallest absolute Gasteiger partial charge is 0.345 e. The Kier molecular flexibility index (Phi) is 8.01. The van der Waals surface area contributed by atoms with E-state index >= 15 is 0 Å². The summed E-state index contributed by atoms with van der Waals surface area (Å²) in [6.07, 6.45) is 15.7. The molecule has 3 saturated carbocycles. The van der Waals surface area contributed by atoms with E-state index in [0.29, 0.717) is 5.41 Å². The molecule has 0 N–H and O–H groups in total. The van der Waals surface area contributed by atoms with Crippen molar-refractivity contribution in [3.63, 3.8) is 0 Å².